The van der Waals surface area contributed by atoms with Gasteiger partial charge in [0, 0.05) is 12.8 Å². The highest BCUT2D eigenvalue weighted by atomic mass is 16.5. The summed E-state index contributed by atoms with van der Waals surface area (Å²) in [6, 6.07) is 0. The zero-order valence-electron chi connectivity index (χ0n) is 15.1. The van der Waals surface area contributed by atoms with Crippen LogP contribution in [0, 0.1) is 0 Å². The highest BCUT2D eigenvalue weighted by molar-refractivity contribution is 5.99. The van der Waals surface area contributed by atoms with Gasteiger partial charge < -0.3 is 4.74 Å². The first-order valence-electron chi connectivity index (χ1n) is 8.83. The second kappa shape index (κ2) is 7.81. The Bertz CT molecular complexity index is 571. The maximum absolute atomic E-state index is 11.9. The summed E-state index contributed by atoms with van der Waals surface area (Å²) in [6.07, 6.45) is 15.4. The van der Waals surface area contributed by atoms with Crippen molar-refractivity contribution in [1.82, 2.24) is 0 Å². The lowest BCUT2D eigenvalue weighted by atomic mass is 9.88. The summed E-state index contributed by atoms with van der Waals surface area (Å²) in [7, 11) is 0. The fraction of sp³-hybridized carbons (Fsp3) is 0.571. The molecule has 0 radical (unpaired) electrons. The van der Waals surface area contributed by atoms with Gasteiger partial charge >= 0.3 is 0 Å². The average Bonchev–Trinajstić information content (AvgIpc) is 2.49. The van der Waals surface area contributed by atoms with E-state index >= 15 is 0 Å². The standard InChI is InChI=1S/C21H30O2/c1-16(2)8-5-6-9-17(3)12-14-21(4)15-13-18-19(22)10-7-11-20(18)23-21/h8-9,13,15H,5-7,10-12,14H2,1-4H3/b17-9+. The lowest BCUT2D eigenvalue weighted by molar-refractivity contribution is -0.116. The molecule has 2 rings (SSSR count). The molecule has 0 saturated heterocycles. The average molecular weight is 314 g/mol. The zero-order valence-corrected chi connectivity index (χ0v) is 15.1. The van der Waals surface area contributed by atoms with E-state index < -0.39 is 0 Å². The first-order valence-corrected chi connectivity index (χ1v) is 8.83. The van der Waals surface area contributed by atoms with Gasteiger partial charge in [0.1, 0.15) is 11.4 Å². The van der Waals surface area contributed by atoms with E-state index in [0.717, 1.165) is 49.9 Å². The molecule has 2 aliphatic rings. The lowest BCUT2D eigenvalue weighted by Gasteiger charge is -2.34. The van der Waals surface area contributed by atoms with E-state index in [2.05, 4.69) is 45.9 Å². The van der Waals surface area contributed by atoms with Crippen molar-refractivity contribution in [2.24, 2.45) is 0 Å². The number of rotatable bonds is 6. The molecular formula is C21H30O2. The number of hydrogen-bond donors (Lipinski definition) is 0. The van der Waals surface area contributed by atoms with Gasteiger partial charge in [-0.2, -0.15) is 0 Å². The monoisotopic (exact) mass is 314 g/mol. The van der Waals surface area contributed by atoms with Gasteiger partial charge in [-0.15, -0.1) is 0 Å². The molecule has 1 heterocycles. The van der Waals surface area contributed by atoms with E-state index in [1.54, 1.807) is 0 Å². The van der Waals surface area contributed by atoms with Crippen LogP contribution in [-0.2, 0) is 9.53 Å². The van der Waals surface area contributed by atoms with Gasteiger partial charge in [0.15, 0.2) is 5.78 Å². The molecule has 1 unspecified atom stereocenters. The van der Waals surface area contributed by atoms with Gasteiger partial charge in [0.25, 0.3) is 0 Å². The van der Waals surface area contributed by atoms with E-state index in [1.165, 1.54) is 11.1 Å². The molecule has 0 saturated carbocycles. The van der Waals surface area contributed by atoms with Crippen LogP contribution >= 0.6 is 0 Å². The summed E-state index contributed by atoms with van der Waals surface area (Å²) in [5, 5.41) is 0. The molecule has 2 nitrogen and oxygen atoms in total. The number of Topliss-reactive ketones (excluding diaryl/α,β-unsaturated/α-hetero) is 1. The summed E-state index contributed by atoms with van der Waals surface area (Å²) in [5.41, 5.74) is 3.34. The number of carbonyl (C=O) groups excluding carboxylic acids is 1. The largest absolute Gasteiger partial charge is 0.487 e. The third kappa shape index (κ3) is 5.23. The molecule has 0 N–H and O–H groups in total. The number of unbranched alkanes of at least 4 members (excludes halogenated alkanes) is 1. The van der Waals surface area contributed by atoms with Crippen LogP contribution < -0.4 is 0 Å². The molecule has 126 valence electrons. The minimum Gasteiger partial charge on any atom is -0.487 e. The first-order chi connectivity index (χ1) is 10.9. The van der Waals surface area contributed by atoms with Gasteiger partial charge in [-0.3, -0.25) is 4.79 Å². The quantitative estimate of drug-likeness (QED) is 0.456. The van der Waals surface area contributed by atoms with Crippen molar-refractivity contribution < 1.29 is 9.53 Å². The Balaban J connectivity index is 1.86. The number of ether oxygens (including phenoxy) is 1. The van der Waals surface area contributed by atoms with Gasteiger partial charge in [-0.1, -0.05) is 23.3 Å². The molecule has 0 fully saturated rings. The van der Waals surface area contributed by atoms with Gasteiger partial charge in [-0.05, 0) is 72.0 Å². The molecule has 0 aromatic carbocycles. The van der Waals surface area contributed by atoms with Gasteiger partial charge in [-0.25, -0.2) is 0 Å². The molecule has 2 heteroatoms. The summed E-state index contributed by atoms with van der Waals surface area (Å²) >= 11 is 0. The van der Waals surface area contributed by atoms with E-state index in [4.69, 9.17) is 4.74 Å². The van der Waals surface area contributed by atoms with Crippen LogP contribution in [0.1, 0.15) is 72.6 Å². The van der Waals surface area contributed by atoms with Crippen molar-refractivity contribution in [3.05, 3.63) is 46.8 Å². The van der Waals surface area contributed by atoms with Crippen LogP contribution in [0.2, 0.25) is 0 Å². The Morgan fingerprint density at radius 1 is 1.22 bits per heavy atom. The molecule has 0 aromatic rings. The van der Waals surface area contributed by atoms with Crippen molar-refractivity contribution in [1.29, 1.82) is 0 Å². The maximum atomic E-state index is 11.9. The highest BCUT2D eigenvalue weighted by Gasteiger charge is 2.32. The van der Waals surface area contributed by atoms with Crippen LogP contribution in [0.4, 0.5) is 0 Å². The fourth-order valence-corrected chi connectivity index (χ4v) is 3.08. The molecule has 0 amide bonds. The Hall–Kier alpha value is -1.57. The SMILES string of the molecule is CC(C)=CCC/C=C(\C)CCC1(C)C=CC2=C(CCCC2=O)O1. The fourth-order valence-electron chi connectivity index (χ4n) is 3.08. The molecular weight excluding hydrogens is 284 g/mol. The molecule has 0 spiro atoms. The van der Waals surface area contributed by atoms with Gasteiger partial charge in [0.05, 0.1) is 5.57 Å². The summed E-state index contributed by atoms with van der Waals surface area (Å²) in [4.78, 5) is 11.9. The third-order valence-corrected chi connectivity index (χ3v) is 4.60. The van der Waals surface area contributed by atoms with E-state index in [1.807, 2.05) is 6.08 Å². The minimum atomic E-state index is -0.272. The minimum absolute atomic E-state index is 0.236. The Morgan fingerprint density at radius 2 is 1.96 bits per heavy atom. The first kappa shape index (κ1) is 17.8. The number of allylic oxidation sites excluding steroid dienone is 7. The molecule has 23 heavy (non-hydrogen) atoms. The van der Waals surface area contributed by atoms with E-state index in [0.29, 0.717) is 6.42 Å². The summed E-state index contributed by atoms with van der Waals surface area (Å²) < 4.78 is 6.19. The zero-order chi connectivity index (χ0) is 16.9. The van der Waals surface area contributed by atoms with Crippen LogP contribution in [-0.4, -0.2) is 11.4 Å². The van der Waals surface area contributed by atoms with Crippen molar-refractivity contribution >= 4 is 5.78 Å². The normalized spacial score (nSPS) is 24.3. The molecule has 1 aliphatic carbocycles. The number of hydrogen-bond acceptors (Lipinski definition) is 2. The van der Waals surface area contributed by atoms with E-state index in [9.17, 15) is 4.79 Å². The molecule has 0 bridgehead atoms. The highest BCUT2D eigenvalue weighted by Crippen LogP contribution is 2.35. The Kier molecular flexibility index (Phi) is 6.04. The smallest absolute Gasteiger partial charge is 0.166 e. The second-order valence-electron chi connectivity index (χ2n) is 7.27. The maximum Gasteiger partial charge on any atom is 0.166 e. The second-order valence-corrected chi connectivity index (χ2v) is 7.27. The van der Waals surface area contributed by atoms with Crippen LogP contribution in [0.25, 0.3) is 0 Å². The van der Waals surface area contributed by atoms with Crippen LogP contribution in [0.15, 0.2) is 46.8 Å². The predicted molar refractivity (Wildman–Crippen MR) is 96.2 cm³/mol. The predicted octanol–water partition coefficient (Wildman–Crippen LogP) is 5.81. The van der Waals surface area contributed by atoms with Crippen molar-refractivity contribution in [2.45, 2.75) is 78.2 Å². The third-order valence-electron chi connectivity index (χ3n) is 4.60. The number of carbonyl (C=O) groups is 1. The topological polar surface area (TPSA) is 26.3 Å². The van der Waals surface area contributed by atoms with Crippen molar-refractivity contribution in [3.8, 4) is 0 Å². The lowest BCUT2D eigenvalue weighted by Crippen LogP contribution is -2.31. The Labute approximate surface area is 141 Å². The number of ketones is 1. The molecule has 1 aliphatic heterocycles. The van der Waals surface area contributed by atoms with Crippen molar-refractivity contribution in [3.63, 3.8) is 0 Å². The summed E-state index contributed by atoms with van der Waals surface area (Å²) in [5.74, 6) is 1.15. The van der Waals surface area contributed by atoms with Gasteiger partial charge in [0.2, 0.25) is 0 Å². The van der Waals surface area contributed by atoms with E-state index in [-0.39, 0.29) is 11.4 Å². The van der Waals surface area contributed by atoms with Crippen LogP contribution in [0.5, 0.6) is 0 Å². The summed E-state index contributed by atoms with van der Waals surface area (Å²) in [6.45, 7) is 8.61. The Morgan fingerprint density at radius 3 is 2.70 bits per heavy atom. The molecule has 0 aromatic heterocycles. The molecule has 1 atom stereocenters. The van der Waals surface area contributed by atoms with Crippen molar-refractivity contribution in [2.75, 3.05) is 0 Å². The van der Waals surface area contributed by atoms with Crippen LogP contribution in [0.3, 0.4) is 0 Å².